The lowest BCUT2D eigenvalue weighted by atomic mass is 10.2. The van der Waals surface area contributed by atoms with Crippen LogP contribution in [0.3, 0.4) is 0 Å². The maximum atomic E-state index is 12.4. The van der Waals surface area contributed by atoms with Crippen molar-refractivity contribution in [2.75, 3.05) is 32.3 Å². The van der Waals surface area contributed by atoms with Crippen LogP contribution in [0.4, 0.5) is 5.69 Å². The monoisotopic (exact) mass is 379 g/mol. The first-order valence-electron chi connectivity index (χ1n) is 7.70. The maximum absolute atomic E-state index is 12.4. The molecule has 140 valence electrons. The molecule has 0 aliphatic carbocycles. The lowest BCUT2D eigenvalue weighted by Gasteiger charge is -2.19. The molecule has 26 heavy (non-hydrogen) atoms. The summed E-state index contributed by atoms with van der Waals surface area (Å²) in [6.45, 7) is -0.336. The second-order valence-corrected chi connectivity index (χ2v) is 7.45. The molecule has 2 aromatic rings. The van der Waals surface area contributed by atoms with Crippen LogP contribution in [-0.4, -0.2) is 50.6 Å². The van der Waals surface area contributed by atoms with Crippen molar-refractivity contribution in [3.8, 4) is 11.5 Å². The number of amides is 1. The number of hydrogen-bond acceptors (Lipinski definition) is 6. The van der Waals surface area contributed by atoms with Crippen molar-refractivity contribution < 1.29 is 22.7 Å². The fourth-order valence-corrected chi connectivity index (χ4v) is 2.93. The quantitative estimate of drug-likeness (QED) is 0.746. The van der Waals surface area contributed by atoms with Gasteiger partial charge in [0.05, 0.1) is 44.9 Å². The molecule has 0 saturated carbocycles. The van der Waals surface area contributed by atoms with Gasteiger partial charge in [0, 0.05) is 12.3 Å². The maximum Gasteiger partial charge on any atom is 0.239 e. The Hall–Kier alpha value is -2.65. The Morgan fingerprint density at radius 1 is 1.19 bits per heavy atom. The van der Waals surface area contributed by atoms with Gasteiger partial charge in [0.25, 0.3) is 0 Å². The van der Waals surface area contributed by atoms with Gasteiger partial charge in [-0.1, -0.05) is 6.07 Å². The summed E-state index contributed by atoms with van der Waals surface area (Å²) >= 11 is 0. The summed E-state index contributed by atoms with van der Waals surface area (Å²) in [6.07, 6.45) is 2.62. The first-order valence-corrected chi connectivity index (χ1v) is 9.55. The van der Waals surface area contributed by atoms with Crippen LogP contribution < -0.4 is 14.8 Å². The van der Waals surface area contributed by atoms with Crippen LogP contribution in [0.2, 0.25) is 0 Å². The summed E-state index contributed by atoms with van der Waals surface area (Å²) in [5, 5.41) is 2.66. The molecule has 1 aromatic carbocycles. The number of nitrogens with zero attached hydrogens (tertiary/aromatic N) is 2. The molecule has 0 aliphatic heterocycles. The van der Waals surface area contributed by atoms with Crippen LogP contribution in [0.15, 0.2) is 42.6 Å². The van der Waals surface area contributed by atoms with Crippen LogP contribution in [-0.2, 0) is 21.4 Å². The second-order valence-electron chi connectivity index (χ2n) is 5.47. The molecule has 0 radical (unpaired) electrons. The number of nitrogens with one attached hydrogen (secondary N) is 1. The average Bonchev–Trinajstić information content (AvgIpc) is 2.61. The summed E-state index contributed by atoms with van der Waals surface area (Å²) in [6, 6.07) is 10.1. The third kappa shape index (κ3) is 5.43. The topological polar surface area (TPSA) is 97.8 Å². The molecule has 0 aliphatic rings. The summed E-state index contributed by atoms with van der Waals surface area (Å²) in [4.78, 5) is 16.5. The SMILES string of the molecule is COc1ccc(NC(=O)CN(Cc2ccccn2)S(C)(=O)=O)c(OC)c1. The normalized spacial score (nSPS) is 11.2. The Labute approximate surface area is 152 Å². The second kappa shape index (κ2) is 8.63. The van der Waals surface area contributed by atoms with E-state index in [1.165, 1.54) is 14.2 Å². The van der Waals surface area contributed by atoms with Crippen LogP contribution in [0, 0.1) is 0 Å². The highest BCUT2D eigenvalue weighted by atomic mass is 32.2. The van der Waals surface area contributed by atoms with Gasteiger partial charge in [-0.15, -0.1) is 0 Å². The van der Waals surface area contributed by atoms with E-state index >= 15 is 0 Å². The fourth-order valence-electron chi connectivity index (χ4n) is 2.21. The highest BCUT2D eigenvalue weighted by Crippen LogP contribution is 2.29. The van der Waals surface area contributed by atoms with E-state index in [0.717, 1.165) is 10.6 Å². The number of hydrogen-bond donors (Lipinski definition) is 1. The summed E-state index contributed by atoms with van der Waals surface area (Å²) in [5.41, 5.74) is 0.970. The zero-order valence-corrected chi connectivity index (χ0v) is 15.6. The number of carbonyl (C=O) groups is 1. The number of ether oxygens (including phenoxy) is 2. The molecule has 0 unspecified atom stereocenters. The Morgan fingerprint density at radius 3 is 2.54 bits per heavy atom. The van der Waals surface area contributed by atoms with E-state index in [1.807, 2.05) is 0 Å². The Bertz CT molecular complexity index is 856. The Balaban J connectivity index is 2.13. The highest BCUT2D eigenvalue weighted by molar-refractivity contribution is 7.88. The molecular weight excluding hydrogens is 358 g/mol. The van der Waals surface area contributed by atoms with E-state index < -0.39 is 15.9 Å². The zero-order valence-electron chi connectivity index (χ0n) is 14.8. The summed E-state index contributed by atoms with van der Waals surface area (Å²) in [5.74, 6) is 0.496. The summed E-state index contributed by atoms with van der Waals surface area (Å²) < 4.78 is 35.4. The number of rotatable bonds is 8. The molecule has 0 fully saturated rings. The predicted molar refractivity (Wildman–Crippen MR) is 97.7 cm³/mol. The Morgan fingerprint density at radius 2 is 1.96 bits per heavy atom. The molecule has 8 nitrogen and oxygen atoms in total. The van der Waals surface area contributed by atoms with Crippen LogP contribution in [0.5, 0.6) is 11.5 Å². The Kier molecular flexibility index (Phi) is 6.53. The fraction of sp³-hybridized carbons (Fsp3) is 0.294. The van der Waals surface area contributed by atoms with Gasteiger partial charge >= 0.3 is 0 Å². The number of pyridine rings is 1. The number of benzene rings is 1. The molecule has 1 N–H and O–H groups in total. The highest BCUT2D eigenvalue weighted by Gasteiger charge is 2.21. The van der Waals surface area contributed by atoms with Gasteiger partial charge in [-0.3, -0.25) is 9.78 Å². The van der Waals surface area contributed by atoms with Gasteiger partial charge in [0.15, 0.2) is 0 Å². The van der Waals surface area contributed by atoms with Crippen molar-refractivity contribution in [2.24, 2.45) is 0 Å². The van der Waals surface area contributed by atoms with E-state index in [4.69, 9.17) is 9.47 Å². The third-order valence-electron chi connectivity index (χ3n) is 3.54. The minimum Gasteiger partial charge on any atom is -0.497 e. The first-order chi connectivity index (χ1) is 12.3. The number of aromatic nitrogens is 1. The molecule has 0 saturated heterocycles. The van der Waals surface area contributed by atoms with Gasteiger partial charge in [-0.2, -0.15) is 4.31 Å². The molecule has 0 spiro atoms. The predicted octanol–water partition coefficient (Wildman–Crippen LogP) is 1.50. The largest absolute Gasteiger partial charge is 0.497 e. The molecule has 1 heterocycles. The number of sulfonamides is 1. The van der Waals surface area contributed by atoms with Crippen LogP contribution in [0.25, 0.3) is 0 Å². The van der Waals surface area contributed by atoms with E-state index in [9.17, 15) is 13.2 Å². The van der Waals surface area contributed by atoms with Gasteiger partial charge in [-0.25, -0.2) is 8.42 Å². The standard InChI is InChI=1S/C17H21N3O5S/c1-24-14-7-8-15(16(10-14)25-2)19-17(21)12-20(26(3,22)23)11-13-6-4-5-9-18-13/h4-10H,11-12H2,1-3H3,(H,19,21). The van der Waals surface area contributed by atoms with Gasteiger partial charge < -0.3 is 14.8 Å². The van der Waals surface area contributed by atoms with Crippen molar-refractivity contribution in [3.63, 3.8) is 0 Å². The minimum absolute atomic E-state index is 0.00679. The molecular formula is C17H21N3O5S. The molecule has 9 heteroatoms. The smallest absolute Gasteiger partial charge is 0.239 e. The molecule has 0 bridgehead atoms. The van der Waals surface area contributed by atoms with Crippen molar-refractivity contribution in [1.82, 2.24) is 9.29 Å². The first kappa shape index (κ1) is 19.7. The summed E-state index contributed by atoms with van der Waals surface area (Å²) in [7, 11) is -0.607. The van der Waals surface area contributed by atoms with Gasteiger partial charge in [0.2, 0.25) is 15.9 Å². The lowest BCUT2D eigenvalue weighted by Crippen LogP contribution is -2.37. The van der Waals surface area contributed by atoms with E-state index in [2.05, 4.69) is 10.3 Å². The molecule has 1 amide bonds. The molecule has 1 aromatic heterocycles. The molecule has 2 rings (SSSR count). The van der Waals surface area contributed by atoms with E-state index in [0.29, 0.717) is 22.9 Å². The van der Waals surface area contributed by atoms with Crippen molar-refractivity contribution in [3.05, 3.63) is 48.3 Å². The van der Waals surface area contributed by atoms with Crippen molar-refractivity contribution in [2.45, 2.75) is 6.54 Å². The van der Waals surface area contributed by atoms with Gasteiger partial charge in [-0.05, 0) is 24.3 Å². The third-order valence-corrected chi connectivity index (χ3v) is 4.73. The van der Waals surface area contributed by atoms with E-state index in [1.54, 1.807) is 42.6 Å². The van der Waals surface area contributed by atoms with E-state index in [-0.39, 0.29) is 13.1 Å². The minimum atomic E-state index is -3.60. The van der Waals surface area contributed by atoms with Crippen LogP contribution >= 0.6 is 0 Å². The average molecular weight is 379 g/mol. The molecule has 0 atom stereocenters. The van der Waals surface area contributed by atoms with Crippen molar-refractivity contribution in [1.29, 1.82) is 0 Å². The number of methoxy groups -OCH3 is 2. The lowest BCUT2D eigenvalue weighted by molar-refractivity contribution is -0.116. The van der Waals surface area contributed by atoms with Crippen molar-refractivity contribution >= 4 is 21.6 Å². The van der Waals surface area contributed by atoms with Gasteiger partial charge in [0.1, 0.15) is 11.5 Å². The zero-order chi connectivity index (χ0) is 19.2. The van der Waals surface area contributed by atoms with Crippen LogP contribution in [0.1, 0.15) is 5.69 Å². The number of carbonyl (C=O) groups excluding carboxylic acids is 1. The number of anilines is 1.